The summed E-state index contributed by atoms with van der Waals surface area (Å²) in [6, 6.07) is 19.9. The second-order valence-electron chi connectivity index (χ2n) is 7.09. The Morgan fingerprint density at radius 3 is 2.81 bits per heavy atom. The van der Waals surface area contributed by atoms with E-state index < -0.39 is 12.1 Å². The molecule has 0 amide bonds. The van der Waals surface area contributed by atoms with Crippen molar-refractivity contribution in [2.45, 2.75) is 19.6 Å². The number of ether oxygens (including phenoxy) is 3. The SMILES string of the molecule is COC(=O)C(Oc1ccccc1C#N)c1cc(OCc2ccc3ocnc3c2)ccc1C. The number of nitrogens with zero attached hydrogens (tertiary/aromatic N) is 2. The first-order valence-corrected chi connectivity index (χ1v) is 9.88. The van der Waals surface area contributed by atoms with Crippen LogP contribution in [0.25, 0.3) is 11.1 Å². The first kappa shape index (κ1) is 20.9. The van der Waals surface area contributed by atoms with Crippen molar-refractivity contribution in [1.82, 2.24) is 4.98 Å². The number of nitriles is 1. The molecule has 0 bridgehead atoms. The van der Waals surface area contributed by atoms with Crippen LogP contribution >= 0.6 is 0 Å². The average molecular weight is 428 g/mol. The fraction of sp³-hybridized carbons (Fsp3) is 0.160. The number of rotatable bonds is 7. The monoisotopic (exact) mass is 428 g/mol. The number of oxazole rings is 1. The van der Waals surface area contributed by atoms with Gasteiger partial charge in [0.15, 0.2) is 12.0 Å². The molecule has 0 fully saturated rings. The van der Waals surface area contributed by atoms with Gasteiger partial charge in [-0.05, 0) is 54.4 Å². The average Bonchev–Trinajstić information content (AvgIpc) is 3.30. The molecule has 0 N–H and O–H groups in total. The van der Waals surface area contributed by atoms with Gasteiger partial charge >= 0.3 is 5.97 Å². The number of aryl methyl sites for hydroxylation is 1. The van der Waals surface area contributed by atoms with Crippen molar-refractivity contribution in [1.29, 1.82) is 5.26 Å². The van der Waals surface area contributed by atoms with Gasteiger partial charge in [-0.15, -0.1) is 0 Å². The van der Waals surface area contributed by atoms with E-state index >= 15 is 0 Å². The first-order chi connectivity index (χ1) is 15.6. The maximum absolute atomic E-state index is 12.6. The molecule has 1 heterocycles. The molecule has 4 aromatic rings. The standard InChI is InChI=1S/C25H20N2O5/c1-16-7-9-19(30-14-17-8-10-23-21(11-17)27-15-31-23)12-20(16)24(25(28)29-2)32-22-6-4-3-5-18(22)13-26/h3-12,15,24H,14H2,1-2H3. The van der Waals surface area contributed by atoms with E-state index in [0.717, 1.165) is 16.6 Å². The molecular formula is C25H20N2O5. The number of methoxy groups -OCH3 is 1. The van der Waals surface area contributed by atoms with Gasteiger partial charge in [0.1, 0.15) is 29.7 Å². The Bertz CT molecular complexity index is 1310. The summed E-state index contributed by atoms with van der Waals surface area (Å²) in [5, 5.41) is 9.35. The van der Waals surface area contributed by atoms with E-state index in [1.165, 1.54) is 13.5 Å². The lowest BCUT2D eigenvalue weighted by Crippen LogP contribution is -2.21. The van der Waals surface area contributed by atoms with Crippen molar-refractivity contribution in [3.63, 3.8) is 0 Å². The molecule has 0 aliphatic carbocycles. The second-order valence-corrected chi connectivity index (χ2v) is 7.09. The molecule has 1 unspecified atom stereocenters. The smallest absolute Gasteiger partial charge is 0.351 e. The van der Waals surface area contributed by atoms with E-state index in [9.17, 15) is 10.1 Å². The van der Waals surface area contributed by atoms with Crippen molar-refractivity contribution in [3.05, 3.63) is 89.3 Å². The fourth-order valence-corrected chi connectivity index (χ4v) is 3.29. The number of hydrogen-bond acceptors (Lipinski definition) is 7. The second kappa shape index (κ2) is 9.23. The number of hydrogen-bond donors (Lipinski definition) is 0. The molecule has 0 spiro atoms. The lowest BCUT2D eigenvalue weighted by atomic mass is 10.0. The predicted octanol–water partition coefficient (Wildman–Crippen LogP) is 4.88. The van der Waals surface area contributed by atoms with Crippen LogP contribution in [0.1, 0.15) is 28.4 Å². The minimum atomic E-state index is -1.05. The molecule has 1 atom stereocenters. The van der Waals surface area contributed by atoms with Crippen molar-refractivity contribution in [3.8, 4) is 17.6 Å². The third-order valence-electron chi connectivity index (χ3n) is 5.00. The van der Waals surface area contributed by atoms with Crippen LogP contribution in [0.2, 0.25) is 0 Å². The normalized spacial score (nSPS) is 11.5. The van der Waals surface area contributed by atoms with E-state index in [2.05, 4.69) is 11.1 Å². The third-order valence-corrected chi connectivity index (χ3v) is 5.00. The van der Waals surface area contributed by atoms with Crippen LogP contribution in [0.4, 0.5) is 0 Å². The zero-order valence-electron chi connectivity index (χ0n) is 17.6. The molecule has 32 heavy (non-hydrogen) atoms. The Morgan fingerprint density at radius 2 is 2.00 bits per heavy atom. The van der Waals surface area contributed by atoms with Gasteiger partial charge in [0.05, 0.1) is 12.7 Å². The molecule has 0 radical (unpaired) electrons. The molecule has 7 nitrogen and oxygen atoms in total. The van der Waals surface area contributed by atoms with Crippen LogP contribution in [0.5, 0.6) is 11.5 Å². The minimum absolute atomic E-state index is 0.303. The lowest BCUT2D eigenvalue weighted by molar-refractivity contribution is -0.149. The van der Waals surface area contributed by atoms with Gasteiger partial charge in [0, 0.05) is 5.56 Å². The van der Waals surface area contributed by atoms with Crippen molar-refractivity contribution < 1.29 is 23.4 Å². The Morgan fingerprint density at radius 1 is 1.16 bits per heavy atom. The molecule has 4 rings (SSSR count). The largest absolute Gasteiger partial charge is 0.489 e. The van der Waals surface area contributed by atoms with Gasteiger partial charge in [-0.1, -0.05) is 24.3 Å². The number of benzene rings is 3. The predicted molar refractivity (Wildman–Crippen MR) is 116 cm³/mol. The van der Waals surface area contributed by atoms with Crippen LogP contribution in [0.3, 0.4) is 0 Å². The molecule has 7 heteroatoms. The molecule has 160 valence electrons. The van der Waals surface area contributed by atoms with Crippen LogP contribution in [0, 0.1) is 18.3 Å². The molecule has 0 aliphatic heterocycles. The van der Waals surface area contributed by atoms with E-state index in [1.807, 2.05) is 37.3 Å². The van der Waals surface area contributed by atoms with Gasteiger partial charge in [-0.25, -0.2) is 9.78 Å². The van der Waals surface area contributed by atoms with E-state index in [-0.39, 0.29) is 0 Å². The van der Waals surface area contributed by atoms with Gasteiger partial charge in [0.2, 0.25) is 6.10 Å². The van der Waals surface area contributed by atoms with E-state index in [4.69, 9.17) is 18.6 Å². The van der Waals surface area contributed by atoms with Crippen LogP contribution in [0.15, 0.2) is 71.5 Å². The van der Waals surface area contributed by atoms with Gasteiger partial charge in [-0.2, -0.15) is 5.26 Å². The maximum atomic E-state index is 12.6. The van der Waals surface area contributed by atoms with E-state index in [0.29, 0.717) is 34.8 Å². The van der Waals surface area contributed by atoms with Gasteiger partial charge < -0.3 is 18.6 Å². The van der Waals surface area contributed by atoms with E-state index in [1.54, 1.807) is 30.3 Å². The maximum Gasteiger partial charge on any atom is 0.351 e. The summed E-state index contributed by atoms with van der Waals surface area (Å²) in [6.07, 6.45) is 0.350. The number of fused-ring (bicyclic) bond motifs is 1. The molecule has 3 aromatic carbocycles. The quantitative estimate of drug-likeness (QED) is 0.387. The Hall–Kier alpha value is -4.31. The van der Waals surface area contributed by atoms with Crippen LogP contribution in [-0.4, -0.2) is 18.1 Å². The summed E-state index contributed by atoms with van der Waals surface area (Å²) < 4.78 is 22.1. The van der Waals surface area contributed by atoms with Gasteiger partial charge in [-0.3, -0.25) is 0 Å². The highest BCUT2D eigenvalue weighted by Crippen LogP contribution is 2.30. The number of para-hydroxylation sites is 1. The first-order valence-electron chi connectivity index (χ1n) is 9.88. The van der Waals surface area contributed by atoms with Gasteiger partial charge in [0.25, 0.3) is 0 Å². The number of esters is 1. The minimum Gasteiger partial charge on any atom is -0.489 e. The Kier molecular flexibility index (Phi) is 6.04. The number of carbonyl (C=O) groups excluding carboxylic acids is 1. The zero-order chi connectivity index (χ0) is 22.5. The highest BCUT2D eigenvalue weighted by Gasteiger charge is 2.27. The summed E-state index contributed by atoms with van der Waals surface area (Å²) in [5.41, 5.74) is 4.14. The van der Waals surface area contributed by atoms with Crippen molar-refractivity contribution in [2.75, 3.05) is 7.11 Å². The Balaban J connectivity index is 1.59. The summed E-state index contributed by atoms with van der Waals surface area (Å²) in [4.78, 5) is 16.7. The van der Waals surface area contributed by atoms with Crippen molar-refractivity contribution in [2.24, 2.45) is 0 Å². The van der Waals surface area contributed by atoms with Crippen LogP contribution in [-0.2, 0) is 16.1 Å². The summed E-state index contributed by atoms with van der Waals surface area (Å²) in [7, 11) is 1.30. The van der Waals surface area contributed by atoms with Crippen molar-refractivity contribution >= 4 is 17.1 Å². The highest BCUT2D eigenvalue weighted by molar-refractivity contribution is 5.78. The summed E-state index contributed by atoms with van der Waals surface area (Å²) >= 11 is 0. The number of aromatic nitrogens is 1. The third kappa shape index (κ3) is 4.40. The molecular weight excluding hydrogens is 408 g/mol. The van der Waals surface area contributed by atoms with Crippen LogP contribution < -0.4 is 9.47 Å². The number of carbonyl (C=O) groups is 1. The highest BCUT2D eigenvalue weighted by atomic mass is 16.6. The zero-order valence-corrected chi connectivity index (χ0v) is 17.6. The topological polar surface area (TPSA) is 94.6 Å². The molecule has 1 aromatic heterocycles. The fourth-order valence-electron chi connectivity index (χ4n) is 3.29. The Labute approximate surface area is 184 Å². The summed E-state index contributed by atoms with van der Waals surface area (Å²) in [6.45, 7) is 2.18. The molecule has 0 aliphatic rings. The molecule has 0 saturated carbocycles. The lowest BCUT2D eigenvalue weighted by Gasteiger charge is -2.20. The summed E-state index contributed by atoms with van der Waals surface area (Å²) in [5.74, 6) is 0.295. The molecule has 0 saturated heterocycles.